The van der Waals surface area contributed by atoms with Crippen LogP contribution in [0.3, 0.4) is 0 Å². The van der Waals surface area contributed by atoms with E-state index in [0.717, 1.165) is 0 Å². The molecule has 0 amide bonds. The van der Waals surface area contributed by atoms with E-state index in [9.17, 15) is 16.8 Å². The molecule has 0 aliphatic heterocycles. The van der Waals surface area contributed by atoms with Gasteiger partial charge in [0.25, 0.3) is 0 Å². The van der Waals surface area contributed by atoms with E-state index in [1.54, 1.807) is 0 Å². The fraction of sp³-hybridized carbons (Fsp3) is 0. The summed E-state index contributed by atoms with van der Waals surface area (Å²) in [5.41, 5.74) is 0. The summed E-state index contributed by atoms with van der Waals surface area (Å²) >= 11 is 0. The molecule has 7 nitrogen and oxygen atoms in total. The molecule has 0 saturated heterocycles. The summed E-state index contributed by atoms with van der Waals surface area (Å²) < 4.78 is 55.6. The predicted octanol–water partition coefficient (Wildman–Crippen LogP) is -2.04. The molecule has 0 heterocycles. The number of hydrogen-bond donors (Lipinski definition) is 2. The molecule has 0 atom stereocenters. The summed E-state index contributed by atoms with van der Waals surface area (Å²) in [6, 6.07) is 0. The van der Waals surface area contributed by atoms with Gasteiger partial charge in [-0.3, -0.25) is 9.11 Å². The van der Waals surface area contributed by atoms with E-state index >= 15 is 0 Å². The zero-order valence-corrected chi connectivity index (χ0v) is 5.39. The van der Waals surface area contributed by atoms with Crippen LogP contribution in [0.5, 0.6) is 0 Å². The van der Waals surface area contributed by atoms with Gasteiger partial charge in [-0.1, -0.05) is 0 Å². The van der Waals surface area contributed by atoms with E-state index < -0.39 is 20.8 Å². The van der Waals surface area contributed by atoms with Crippen molar-refractivity contribution in [3.8, 4) is 0 Å². The summed E-state index contributed by atoms with van der Waals surface area (Å²) in [6.07, 6.45) is 0. The summed E-state index contributed by atoms with van der Waals surface area (Å²) in [5.74, 6) is 0. The van der Waals surface area contributed by atoms with Crippen LogP contribution in [0, 0.1) is 0 Å². The van der Waals surface area contributed by atoms with Gasteiger partial charge in [-0.15, -0.1) is 3.63 Å². The van der Waals surface area contributed by atoms with Crippen molar-refractivity contribution < 1.29 is 29.6 Å². The summed E-state index contributed by atoms with van der Waals surface area (Å²) in [7, 11) is -10.2. The summed E-state index contributed by atoms with van der Waals surface area (Å²) in [6.45, 7) is 0. The van der Waals surface area contributed by atoms with Crippen LogP contribution in [0.25, 0.3) is 0 Å². The Morgan fingerprint density at radius 1 is 0.900 bits per heavy atom. The Kier molecular flexibility index (Phi) is 5.31. The second-order valence-corrected chi connectivity index (χ2v) is 3.18. The molecule has 0 aliphatic rings. The van der Waals surface area contributed by atoms with E-state index in [1.165, 1.54) is 0 Å². The Morgan fingerprint density at radius 3 is 1.10 bits per heavy atom. The first-order chi connectivity index (χ1) is 3.71. The van der Waals surface area contributed by atoms with Crippen molar-refractivity contribution in [2.75, 3.05) is 0 Å². The SMILES string of the molecule is O=S(=O)(O)OS(=O)(=O)O.[NaH]. The molecule has 58 valence electrons. The van der Waals surface area contributed by atoms with Crippen molar-refractivity contribution in [2.45, 2.75) is 0 Å². The molecular formula is H3NaO7S2. The van der Waals surface area contributed by atoms with Crippen molar-refractivity contribution >= 4 is 50.4 Å². The third-order valence-corrected chi connectivity index (χ3v) is 1.55. The van der Waals surface area contributed by atoms with Crippen LogP contribution < -0.4 is 0 Å². The topological polar surface area (TPSA) is 118 Å². The molecular weight excluding hydrogens is 199 g/mol. The first-order valence-electron chi connectivity index (χ1n) is 1.37. The third-order valence-electron chi connectivity index (χ3n) is 0.172. The quantitative estimate of drug-likeness (QED) is 0.391. The normalized spacial score (nSPS) is 12.2. The van der Waals surface area contributed by atoms with Crippen molar-refractivity contribution in [2.24, 2.45) is 0 Å². The monoisotopic (exact) mass is 202 g/mol. The Labute approximate surface area is 79.6 Å². The van der Waals surface area contributed by atoms with Gasteiger partial charge < -0.3 is 0 Å². The molecule has 0 unspecified atom stereocenters. The molecule has 0 aromatic heterocycles. The second kappa shape index (κ2) is 3.97. The van der Waals surface area contributed by atoms with E-state index in [4.69, 9.17) is 9.11 Å². The van der Waals surface area contributed by atoms with Gasteiger partial charge in [0.2, 0.25) is 0 Å². The predicted molar refractivity (Wildman–Crippen MR) is 31.3 cm³/mol. The summed E-state index contributed by atoms with van der Waals surface area (Å²) in [4.78, 5) is 0. The molecule has 0 aromatic carbocycles. The van der Waals surface area contributed by atoms with Gasteiger partial charge in [-0.05, 0) is 0 Å². The van der Waals surface area contributed by atoms with Crippen molar-refractivity contribution in [3.63, 3.8) is 0 Å². The molecule has 0 rings (SSSR count). The van der Waals surface area contributed by atoms with Gasteiger partial charge >= 0.3 is 50.4 Å². The van der Waals surface area contributed by atoms with E-state index in [2.05, 4.69) is 3.63 Å². The minimum atomic E-state index is -5.12. The van der Waals surface area contributed by atoms with Gasteiger partial charge in [0, 0.05) is 0 Å². The first kappa shape index (κ1) is 13.4. The fourth-order valence-electron chi connectivity index (χ4n) is 0.109. The number of hydrogen-bond acceptors (Lipinski definition) is 5. The van der Waals surface area contributed by atoms with Crippen LogP contribution in [0.1, 0.15) is 0 Å². The molecule has 0 aromatic rings. The Bertz CT molecular complexity index is 237. The van der Waals surface area contributed by atoms with Gasteiger partial charge in [0.15, 0.2) is 0 Å². The average molecular weight is 202 g/mol. The Morgan fingerprint density at radius 2 is 1.10 bits per heavy atom. The van der Waals surface area contributed by atoms with Gasteiger partial charge in [-0.2, -0.15) is 16.8 Å². The second-order valence-electron chi connectivity index (χ2n) is 0.924. The van der Waals surface area contributed by atoms with E-state index in [-0.39, 0.29) is 29.6 Å². The van der Waals surface area contributed by atoms with Gasteiger partial charge in [-0.25, -0.2) is 0 Å². The van der Waals surface area contributed by atoms with Crippen LogP contribution >= 0.6 is 0 Å². The zero-order chi connectivity index (χ0) is 7.71. The van der Waals surface area contributed by atoms with Crippen molar-refractivity contribution in [1.82, 2.24) is 0 Å². The van der Waals surface area contributed by atoms with Gasteiger partial charge in [0.05, 0.1) is 0 Å². The van der Waals surface area contributed by atoms with Crippen LogP contribution in [0.4, 0.5) is 0 Å². The third kappa shape index (κ3) is 11.6. The molecule has 2 N–H and O–H groups in total. The summed E-state index contributed by atoms with van der Waals surface area (Å²) in [5, 5.41) is 0. The first-order valence-corrected chi connectivity index (χ1v) is 4.10. The van der Waals surface area contributed by atoms with E-state index in [0.29, 0.717) is 0 Å². The molecule has 0 fully saturated rings. The maximum absolute atomic E-state index is 9.44. The molecule has 0 aliphatic carbocycles. The molecule has 10 heteroatoms. The van der Waals surface area contributed by atoms with Crippen molar-refractivity contribution in [1.29, 1.82) is 0 Å². The maximum atomic E-state index is 9.44. The molecule has 10 heavy (non-hydrogen) atoms. The molecule has 0 bridgehead atoms. The molecule has 0 radical (unpaired) electrons. The molecule has 0 spiro atoms. The number of rotatable bonds is 2. The Hall–Kier alpha value is 0.780. The Balaban J connectivity index is 0. The van der Waals surface area contributed by atoms with Crippen LogP contribution in [-0.2, 0) is 24.4 Å². The van der Waals surface area contributed by atoms with Crippen LogP contribution in [0.15, 0.2) is 0 Å². The fourth-order valence-corrected chi connectivity index (χ4v) is 0.978. The van der Waals surface area contributed by atoms with Crippen LogP contribution in [-0.4, -0.2) is 55.5 Å². The van der Waals surface area contributed by atoms with Crippen molar-refractivity contribution in [3.05, 3.63) is 0 Å². The van der Waals surface area contributed by atoms with Gasteiger partial charge in [0.1, 0.15) is 0 Å². The molecule has 0 saturated carbocycles. The van der Waals surface area contributed by atoms with E-state index in [1.807, 2.05) is 0 Å². The minimum absolute atomic E-state index is 0. The standard InChI is InChI=1S/Na.H2O7S2.H/c;1-8(2,3)7-9(4,5)6;/h;(H,1,2,3)(H,4,5,6);. The average Bonchev–Trinajstić information content (AvgIpc) is 1.14. The zero-order valence-electron chi connectivity index (χ0n) is 3.75. The van der Waals surface area contributed by atoms with Crippen LogP contribution in [0.2, 0.25) is 0 Å².